The lowest BCUT2D eigenvalue weighted by atomic mass is 9.97. The zero-order chi connectivity index (χ0) is 13.0. The molecule has 0 saturated carbocycles. The minimum absolute atomic E-state index is 0.101. The molecule has 1 unspecified atom stereocenters. The van der Waals surface area contributed by atoms with Crippen molar-refractivity contribution in [3.8, 4) is 0 Å². The van der Waals surface area contributed by atoms with Gasteiger partial charge in [-0.25, -0.2) is 4.79 Å². The summed E-state index contributed by atoms with van der Waals surface area (Å²) in [7, 11) is 0. The second-order valence-electron chi connectivity index (χ2n) is 4.40. The molecule has 18 heavy (non-hydrogen) atoms. The summed E-state index contributed by atoms with van der Waals surface area (Å²) in [6, 6.07) is 7.32. The topological polar surface area (TPSA) is 52.6 Å². The van der Waals surface area contributed by atoms with Gasteiger partial charge < -0.3 is 10.4 Å². The molecular weight excluding hydrogens is 228 g/mol. The van der Waals surface area contributed by atoms with Crippen molar-refractivity contribution in [3.05, 3.63) is 48.0 Å². The van der Waals surface area contributed by atoms with E-state index in [0.29, 0.717) is 5.56 Å². The SMILES string of the molecule is C=CCN1CCNCC1c1ccccc1C(=O)O. The number of piperazine rings is 1. The number of hydrogen-bond donors (Lipinski definition) is 2. The van der Waals surface area contributed by atoms with E-state index in [-0.39, 0.29) is 6.04 Å². The van der Waals surface area contributed by atoms with Crippen LogP contribution in [0.5, 0.6) is 0 Å². The van der Waals surface area contributed by atoms with Gasteiger partial charge in [0.25, 0.3) is 0 Å². The summed E-state index contributed by atoms with van der Waals surface area (Å²) in [5.41, 5.74) is 1.26. The van der Waals surface area contributed by atoms with Gasteiger partial charge in [-0.3, -0.25) is 4.90 Å². The molecule has 96 valence electrons. The molecule has 0 spiro atoms. The van der Waals surface area contributed by atoms with E-state index in [9.17, 15) is 9.90 Å². The molecule has 0 radical (unpaired) electrons. The summed E-state index contributed by atoms with van der Waals surface area (Å²) >= 11 is 0. The maximum atomic E-state index is 11.3. The van der Waals surface area contributed by atoms with Gasteiger partial charge in [0.2, 0.25) is 0 Å². The Balaban J connectivity index is 2.33. The Bertz CT molecular complexity index is 445. The second-order valence-corrected chi connectivity index (χ2v) is 4.40. The number of carboxylic acid groups (broad SMARTS) is 1. The number of aromatic carboxylic acids is 1. The van der Waals surface area contributed by atoms with E-state index in [0.717, 1.165) is 31.7 Å². The fourth-order valence-electron chi connectivity index (χ4n) is 2.42. The normalized spacial score (nSPS) is 20.6. The quantitative estimate of drug-likeness (QED) is 0.791. The van der Waals surface area contributed by atoms with E-state index in [1.54, 1.807) is 12.1 Å². The highest BCUT2D eigenvalue weighted by Crippen LogP contribution is 2.25. The summed E-state index contributed by atoms with van der Waals surface area (Å²) in [5.74, 6) is -0.866. The summed E-state index contributed by atoms with van der Waals surface area (Å²) < 4.78 is 0. The van der Waals surface area contributed by atoms with Gasteiger partial charge in [0.05, 0.1) is 5.56 Å². The molecular formula is C14H18N2O2. The van der Waals surface area contributed by atoms with Crippen molar-refractivity contribution in [2.24, 2.45) is 0 Å². The van der Waals surface area contributed by atoms with Crippen molar-refractivity contribution in [1.82, 2.24) is 10.2 Å². The zero-order valence-corrected chi connectivity index (χ0v) is 10.3. The van der Waals surface area contributed by atoms with Crippen molar-refractivity contribution in [3.63, 3.8) is 0 Å². The molecule has 2 rings (SSSR count). The molecule has 1 fully saturated rings. The van der Waals surface area contributed by atoms with Crippen LogP contribution >= 0.6 is 0 Å². The third-order valence-corrected chi connectivity index (χ3v) is 3.27. The third kappa shape index (κ3) is 2.60. The Kier molecular flexibility index (Phi) is 4.12. The molecule has 1 aromatic carbocycles. The predicted molar refractivity (Wildman–Crippen MR) is 70.8 cm³/mol. The van der Waals surface area contributed by atoms with Crippen LogP contribution in [0.4, 0.5) is 0 Å². The largest absolute Gasteiger partial charge is 0.478 e. The maximum Gasteiger partial charge on any atom is 0.336 e. The Morgan fingerprint density at radius 1 is 1.56 bits per heavy atom. The molecule has 4 nitrogen and oxygen atoms in total. The first-order chi connectivity index (χ1) is 8.74. The van der Waals surface area contributed by atoms with Crippen molar-refractivity contribution >= 4 is 5.97 Å². The second kappa shape index (κ2) is 5.80. The van der Waals surface area contributed by atoms with Crippen LogP contribution in [-0.4, -0.2) is 42.2 Å². The van der Waals surface area contributed by atoms with Crippen LogP contribution in [0.25, 0.3) is 0 Å². The average molecular weight is 246 g/mol. The van der Waals surface area contributed by atoms with Crippen LogP contribution in [0.3, 0.4) is 0 Å². The van der Waals surface area contributed by atoms with Crippen LogP contribution in [0, 0.1) is 0 Å². The van der Waals surface area contributed by atoms with Crippen molar-refractivity contribution < 1.29 is 9.90 Å². The lowest BCUT2D eigenvalue weighted by molar-refractivity contribution is 0.0691. The van der Waals surface area contributed by atoms with Gasteiger partial charge in [0.15, 0.2) is 0 Å². The molecule has 4 heteroatoms. The molecule has 0 aliphatic carbocycles. The minimum atomic E-state index is -0.866. The lowest BCUT2D eigenvalue weighted by Crippen LogP contribution is -2.46. The van der Waals surface area contributed by atoms with Crippen LogP contribution in [0.1, 0.15) is 22.0 Å². The molecule has 0 amide bonds. The number of benzene rings is 1. The highest BCUT2D eigenvalue weighted by atomic mass is 16.4. The number of carbonyl (C=O) groups is 1. The Morgan fingerprint density at radius 2 is 2.33 bits per heavy atom. The van der Waals surface area contributed by atoms with Gasteiger partial charge in [0.1, 0.15) is 0 Å². The smallest absolute Gasteiger partial charge is 0.336 e. The maximum absolute atomic E-state index is 11.3. The van der Waals surface area contributed by atoms with Crippen molar-refractivity contribution in [2.45, 2.75) is 6.04 Å². The molecule has 1 atom stereocenters. The van der Waals surface area contributed by atoms with Crippen molar-refractivity contribution in [2.75, 3.05) is 26.2 Å². The van der Waals surface area contributed by atoms with E-state index in [4.69, 9.17) is 0 Å². The first-order valence-electron chi connectivity index (χ1n) is 6.12. The number of hydrogen-bond acceptors (Lipinski definition) is 3. The van der Waals surface area contributed by atoms with Crippen LogP contribution in [-0.2, 0) is 0 Å². The van der Waals surface area contributed by atoms with E-state index < -0.39 is 5.97 Å². The fourth-order valence-corrected chi connectivity index (χ4v) is 2.42. The summed E-state index contributed by atoms with van der Waals surface area (Å²) in [4.78, 5) is 13.5. The minimum Gasteiger partial charge on any atom is -0.478 e. The summed E-state index contributed by atoms with van der Waals surface area (Å²) in [5, 5.41) is 12.6. The van der Waals surface area contributed by atoms with Gasteiger partial charge in [-0.2, -0.15) is 0 Å². The first-order valence-corrected chi connectivity index (χ1v) is 6.12. The zero-order valence-electron chi connectivity index (χ0n) is 10.3. The lowest BCUT2D eigenvalue weighted by Gasteiger charge is -2.36. The Hall–Kier alpha value is -1.65. The fraction of sp³-hybridized carbons (Fsp3) is 0.357. The molecule has 1 aliphatic rings. The molecule has 1 aliphatic heterocycles. The van der Waals surface area contributed by atoms with Crippen LogP contribution < -0.4 is 5.32 Å². The summed E-state index contributed by atoms with van der Waals surface area (Å²) in [6.07, 6.45) is 1.86. The van der Waals surface area contributed by atoms with Gasteiger partial charge in [-0.1, -0.05) is 24.3 Å². The van der Waals surface area contributed by atoms with E-state index in [1.807, 2.05) is 18.2 Å². The standard InChI is InChI=1S/C14H18N2O2/c1-2-8-16-9-7-15-10-13(16)11-5-3-4-6-12(11)14(17)18/h2-6,13,15H,1,7-10H2,(H,17,18). The monoisotopic (exact) mass is 246 g/mol. The molecule has 2 N–H and O–H groups in total. The first kappa shape index (κ1) is 12.8. The van der Waals surface area contributed by atoms with Gasteiger partial charge in [0, 0.05) is 32.2 Å². The van der Waals surface area contributed by atoms with Crippen LogP contribution in [0.2, 0.25) is 0 Å². The van der Waals surface area contributed by atoms with E-state index >= 15 is 0 Å². The molecule has 0 bridgehead atoms. The number of carboxylic acids is 1. The third-order valence-electron chi connectivity index (χ3n) is 3.27. The highest BCUT2D eigenvalue weighted by molar-refractivity contribution is 5.89. The predicted octanol–water partition coefficient (Wildman–Crippen LogP) is 1.52. The molecule has 1 saturated heterocycles. The Morgan fingerprint density at radius 3 is 3.06 bits per heavy atom. The summed E-state index contributed by atoms with van der Waals surface area (Å²) in [6.45, 7) is 7.15. The molecule has 0 aromatic heterocycles. The van der Waals surface area contributed by atoms with Crippen LogP contribution in [0.15, 0.2) is 36.9 Å². The number of nitrogens with zero attached hydrogens (tertiary/aromatic N) is 1. The average Bonchev–Trinajstić information content (AvgIpc) is 2.40. The van der Waals surface area contributed by atoms with Crippen molar-refractivity contribution in [1.29, 1.82) is 0 Å². The van der Waals surface area contributed by atoms with Gasteiger partial charge in [-0.05, 0) is 11.6 Å². The Labute approximate surface area is 107 Å². The van der Waals surface area contributed by atoms with E-state index in [1.165, 1.54) is 0 Å². The molecule has 1 heterocycles. The van der Waals surface area contributed by atoms with E-state index in [2.05, 4.69) is 16.8 Å². The molecule has 1 aromatic rings. The number of nitrogens with one attached hydrogen (secondary N) is 1. The highest BCUT2D eigenvalue weighted by Gasteiger charge is 2.26. The van der Waals surface area contributed by atoms with Gasteiger partial charge >= 0.3 is 5.97 Å². The van der Waals surface area contributed by atoms with Gasteiger partial charge in [-0.15, -0.1) is 6.58 Å². The number of rotatable bonds is 4.